The minimum Gasteiger partial charge on any atom is -0.316 e. The highest BCUT2D eigenvalue weighted by Crippen LogP contribution is 2.39. The molecule has 1 aromatic rings. The molecule has 5 nitrogen and oxygen atoms in total. The highest BCUT2D eigenvalue weighted by molar-refractivity contribution is 6.16. The van der Waals surface area contributed by atoms with Crippen LogP contribution in [-0.4, -0.2) is 40.9 Å². The number of benzene rings is 1. The van der Waals surface area contributed by atoms with E-state index in [4.69, 9.17) is 0 Å². The van der Waals surface area contributed by atoms with Crippen LogP contribution in [0.25, 0.3) is 0 Å². The summed E-state index contributed by atoms with van der Waals surface area (Å²) in [6.07, 6.45) is -0.204. The molecule has 2 aliphatic rings. The first kappa shape index (κ1) is 20.1. The molecule has 8 heteroatoms. The van der Waals surface area contributed by atoms with E-state index in [-0.39, 0.29) is 12.4 Å². The standard InChI is InChI=1S/C20H22F3N3O2/c1-2-13-26-16(14-9-5-3-6-10-14)24-19(18(26)28,20(21,22)23)25-17(27)15-11-7-4-8-12-15/h2-3,5-6,9-10,15H,1,4,7-8,11-13H2,(H,25,27)/t19-/m1/s1. The summed E-state index contributed by atoms with van der Waals surface area (Å²) in [7, 11) is 0. The zero-order chi connectivity index (χ0) is 20.4. The predicted octanol–water partition coefficient (Wildman–Crippen LogP) is 3.42. The van der Waals surface area contributed by atoms with Gasteiger partial charge in [-0.25, -0.2) is 4.99 Å². The fraction of sp³-hybridized carbons (Fsp3) is 0.450. The Balaban J connectivity index is 2.03. The lowest BCUT2D eigenvalue weighted by molar-refractivity contribution is -0.200. The van der Waals surface area contributed by atoms with Crippen molar-refractivity contribution in [1.29, 1.82) is 0 Å². The van der Waals surface area contributed by atoms with Gasteiger partial charge in [-0.1, -0.05) is 55.7 Å². The van der Waals surface area contributed by atoms with Crippen molar-refractivity contribution in [1.82, 2.24) is 10.2 Å². The topological polar surface area (TPSA) is 61.8 Å². The van der Waals surface area contributed by atoms with Gasteiger partial charge in [-0.05, 0) is 12.8 Å². The molecule has 1 N–H and O–H groups in total. The van der Waals surface area contributed by atoms with Crippen molar-refractivity contribution in [2.75, 3.05) is 6.54 Å². The van der Waals surface area contributed by atoms with Gasteiger partial charge in [-0.15, -0.1) is 6.58 Å². The lowest BCUT2D eigenvalue weighted by atomic mass is 9.88. The number of nitrogens with one attached hydrogen (secondary N) is 1. The number of hydrogen-bond acceptors (Lipinski definition) is 3. The average molecular weight is 393 g/mol. The Bertz CT molecular complexity index is 786. The Kier molecular flexibility index (Phi) is 5.58. The summed E-state index contributed by atoms with van der Waals surface area (Å²) in [5.41, 5.74) is -2.95. The van der Waals surface area contributed by atoms with E-state index >= 15 is 0 Å². The normalized spacial score (nSPS) is 23.5. The smallest absolute Gasteiger partial charge is 0.316 e. The molecular formula is C20H22F3N3O2. The SMILES string of the molecule is C=CCN1C(=O)[C@@](NC(=O)C2CCCCC2)(C(F)(F)F)N=C1c1ccccc1. The predicted molar refractivity (Wildman–Crippen MR) is 98.4 cm³/mol. The van der Waals surface area contributed by atoms with Gasteiger partial charge < -0.3 is 5.32 Å². The molecule has 28 heavy (non-hydrogen) atoms. The first-order chi connectivity index (χ1) is 13.3. The number of alkyl halides is 3. The molecule has 150 valence electrons. The first-order valence-electron chi connectivity index (χ1n) is 9.27. The molecule has 1 aliphatic carbocycles. The molecule has 1 saturated carbocycles. The van der Waals surface area contributed by atoms with Gasteiger partial charge in [-0.2, -0.15) is 13.2 Å². The van der Waals surface area contributed by atoms with Gasteiger partial charge >= 0.3 is 11.8 Å². The van der Waals surface area contributed by atoms with Crippen molar-refractivity contribution in [2.45, 2.75) is 43.9 Å². The van der Waals surface area contributed by atoms with Crippen LogP contribution in [0.3, 0.4) is 0 Å². The van der Waals surface area contributed by atoms with Gasteiger partial charge in [0.25, 0.3) is 5.91 Å². The molecule has 0 radical (unpaired) electrons. The Labute approximate surface area is 161 Å². The highest BCUT2D eigenvalue weighted by Gasteiger charge is 2.67. The van der Waals surface area contributed by atoms with Crippen molar-refractivity contribution < 1.29 is 22.8 Å². The molecule has 1 heterocycles. The van der Waals surface area contributed by atoms with Crippen LogP contribution in [0.4, 0.5) is 13.2 Å². The number of amides is 2. The van der Waals surface area contributed by atoms with Gasteiger partial charge in [0.05, 0.1) is 0 Å². The Hall–Kier alpha value is -2.64. The van der Waals surface area contributed by atoms with Crippen LogP contribution in [0.15, 0.2) is 48.0 Å². The first-order valence-corrected chi connectivity index (χ1v) is 9.27. The van der Waals surface area contributed by atoms with E-state index in [0.717, 1.165) is 24.2 Å². The molecule has 3 rings (SSSR count). The van der Waals surface area contributed by atoms with E-state index in [2.05, 4.69) is 11.6 Å². The maximum absolute atomic E-state index is 14.1. The van der Waals surface area contributed by atoms with Gasteiger partial charge in [-0.3, -0.25) is 14.5 Å². The van der Waals surface area contributed by atoms with Gasteiger partial charge in [0.15, 0.2) is 0 Å². The van der Waals surface area contributed by atoms with E-state index < -0.39 is 29.6 Å². The van der Waals surface area contributed by atoms with Crippen molar-refractivity contribution in [3.05, 3.63) is 48.6 Å². The average Bonchev–Trinajstić information content (AvgIpc) is 2.97. The van der Waals surface area contributed by atoms with Crippen LogP contribution in [-0.2, 0) is 9.59 Å². The third-order valence-electron chi connectivity index (χ3n) is 5.12. The molecule has 0 spiro atoms. The van der Waals surface area contributed by atoms with Crippen molar-refractivity contribution in [3.8, 4) is 0 Å². The van der Waals surface area contributed by atoms with E-state index in [1.807, 2.05) is 5.32 Å². The Morgan fingerprint density at radius 1 is 1.25 bits per heavy atom. The second-order valence-corrected chi connectivity index (χ2v) is 7.04. The summed E-state index contributed by atoms with van der Waals surface area (Å²) in [6.45, 7) is 3.36. The quantitative estimate of drug-likeness (QED) is 0.780. The van der Waals surface area contributed by atoms with Crippen LogP contribution < -0.4 is 5.32 Å². The minimum absolute atomic E-state index is 0.133. The van der Waals surface area contributed by atoms with E-state index in [1.54, 1.807) is 30.3 Å². The lowest BCUT2D eigenvalue weighted by Gasteiger charge is -2.31. The monoisotopic (exact) mass is 393 g/mol. The molecular weight excluding hydrogens is 371 g/mol. The number of halogens is 3. The fourth-order valence-corrected chi connectivity index (χ4v) is 3.65. The molecule has 0 bridgehead atoms. The van der Waals surface area contributed by atoms with Crippen LogP contribution >= 0.6 is 0 Å². The van der Waals surface area contributed by atoms with E-state index in [1.165, 1.54) is 6.08 Å². The summed E-state index contributed by atoms with van der Waals surface area (Å²) in [6, 6.07) is 8.13. The molecule has 0 unspecified atom stereocenters. The largest absolute Gasteiger partial charge is 0.442 e. The van der Waals surface area contributed by atoms with Gasteiger partial charge in [0, 0.05) is 18.0 Å². The molecule has 2 amide bonds. The highest BCUT2D eigenvalue weighted by atomic mass is 19.4. The summed E-state index contributed by atoms with van der Waals surface area (Å²) < 4.78 is 42.3. The molecule has 1 fully saturated rings. The molecule has 1 atom stereocenters. The van der Waals surface area contributed by atoms with Crippen molar-refractivity contribution in [3.63, 3.8) is 0 Å². The minimum atomic E-state index is -5.08. The zero-order valence-electron chi connectivity index (χ0n) is 15.3. The Morgan fingerprint density at radius 2 is 1.89 bits per heavy atom. The Morgan fingerprint density at radius 3 is 2.46 bits per heavy atom. The summed E-state index contributed by atoms with van der Waals surface area (Å²) in [5, 5.41) is 1.96. The number of carbonyl (C=O) groups excluding carboxylic acids is 2. The summed E-state index contributed by atoms with van der Waals surface area (Å²) in [4.78, 5) is 30.2. The van der Waals surface area contributed by atoms with E-state index in [9.17, 15) is 22.8 Å². The van der Waals surface area contributed by atoms with Crippen molar-refractivity contribution >= 4 is 17.6 Å². The van der Waals surface area contributed by atoms with Gasteiger partial charge in [0.2, 0.25) is 5.91 Å². The van der Waals surface area contributed by atoms with Crippen LogP contribution in [0, 0.1) is 5.92 Å². The van der Waals surface area contributed by atoms with Crippen molar-refractivity contribution in [2.24, 2.45) is 10.9 Å². The number of hydrogen-bond donors (Lipinski definition) is 1. The lowest BCUT2D eigenvalue weighted by Crippen LogP contribution is -2.64. The fourth-order valence-electron chi connectivity index (χ4n) is 3.65. The number of carbonyl (C=O) groups is 2. The third-order valence-corrected chi connectivity index (χ3v) is 5.12. The maximum atomic E-state index is 14.1. The molecule has 1 aromatic carbocycles. The number of amidine groups is 1. The van der Waals surface area contributed by atoms with E-state index in [0.29, 0.717) is 18.4 Å². The maximum Gasteiger partial charge on any atom is 0.442 e. The number of nitrogens with zero attached hydrogens (tertiary/aromatic N) is 2. The summed E-state index contributed by atoms with van der Waals surface area (Å²) >= 11 is 0. The molecule has 0 saturated heterocycles. The van der Waals surface area contributed by atoms with Gasteiger partial charge in [0.1, 0.15) is 5.84 Å². The van der Waals surface area contributed by atoms with Crippen LogP contribution in [0.5, 0.6) is 0 Å². The van der Waals surface area contributed by atoms with Crippen LogP contribution in [0.2, 0.25) is 0 Å². The zero-order valence-corrected chi connectivity index (χ0v) is 15.3. The second-order valence-electron chi connectivity index (χ2n) is 7.04. The number of aliphatic imine (C=N–C) groups is 1. The number of rotatable bonds is 5. The second kappa shape index (κ2) is 7.77. The third kappa shape index (κ3) is 3.55. The molecule has 1 aliphatic heterocycles. The molecule has 0 aromatic heterocycles. The van der Waals surface area contributed by atoms with Crippen LogP contribution in [0.1, 0.15) is 37.7 Å². The summed E-state index contributed by atoms with van der Waals surface area (Å²) in [5.74, 6) is -2.76.